The highest BCUT2D eigenvalue weighted by molar-refractivity contribution is 6.30. The lowest BCUT2D eigenvalue weighted by atomic mass is 10.1. The van der Waals surface area contributed by atoms with E-state index in [0.29, 0.717) is 44.1 Å². The molecule has 2 N–H and O–H groups in total. The molecule has 0 spiro atoms. The van der Waals surface area contributed by atoms with Crippen molar-refractivity contribution >= 4 is 35.5 Å². The van der Waals surface area contributed by atoms with Gasteiger partial charge in [0.15, 0.2) is 12.4 Å². The fourth-order valence-corrected chi connectivity index (χ4v) is 4.82. The van der Waals surface area contributed by atoms with Gasteiger partial charge in [0.2, 0.25) is 12.2 Å². The lowest BCUT2D eigenvalue weighted by Crippen LogP contribution is -2.43. The van der Waals surface area contributed by atoms with Crippen LogP contribution in [0.1, 0.15) is 59.3 Å². The molecule has 1 aliphatic heterocycles. The number of amides is 1. The van der Waals surface area contributed by atoms with E-state index >= 15 is 0 Å². The Morgan fingerprint density at radius 2 is 1.70 bits per heavy atom. The number of hydrogen-bond acceptors (Lipinski definition) is 9. The Hall–Kier alpha value is -4.28. The van der Waals surface area contributed by atoms with E-state index in [1.807, 2.05) is 32.9 Å². The molecule has 14 heteroatoms. The van der Waals surface area contributed by atoms with Crippen molar-refractivity contribution < 1.29 is 37.8 Å². The SMILES string of the molecule is CC(C)(C)OC(=O)N1CCC(OCCOC(=O)OC[n+]2ccc(N(CCCCCCOc3ccc(Cl)cc3)C(N)=NC#N)cc2)CC1. The van der Waals surface area contributed by atoms with Gasteiger partial charge < -0.3 is 39.2 Å². The van der Waals surface area contributed by atoms with E-state index in [9.17, 15) is 9.59 Å². The van der Waals surface area contributed by atoms with Gasteiger partial charge in [0.25, 0.3) is 6.73 Å². The van der Waals surface area contributed by atoms with Gasteiger partial charge in [-0.2, -0.15) is 9.83 Å². The third-order valence-electron chi connectivity index (χ3n) is 7.07. The van der Waals surface area contributed by atoms with Gasteiger partial charge in [-0.05, 0) is 70.7 Å². The molecule has 2 heterocycles. The number of aromatic nitrogens is 1. The molecule has 1 aromatic heterocycles. The van der Waals surface area contributed by atoms with E-state index in [4.69, 9.17) is 46.3 Å². The third-order valence-corrected chi connectivity index (χ3v) is 7.32. The number of carbonyl (C=O) groups is 2. The van der Waals surface area contributed by atoms with Gasteiger partial charge in [0.05, 0.1) is 25.0 Å². The number of anilines is 1. The van der Waals surface area contributed by atoms with E-state index in [0.717, 1.165) is 37.1 Å². The van der Waals surface area contributed by atoms with Crippen LogP contribution in [-0.2, 0) is 25.7 Å². The summed E-state index contributed by atoms with van der Waals surface area (Å²) in [5.74, 6) is 0.896. The van der Waals surface area contributed by atoms with Crippen molar-refractivity contribution in [2.24, 2.45) is 10.7 Å². The number of likely N-dealkylation sites (tertiary alicyclic amines) is 1. The summed E-state index contributed by atoms with van der Waals surface area (Å²) in [5.41, 5.74) is 6.30. The smallest absolute Gasteiger partial charge is 0.494 e. The summed E-state index contributed by atoms with van der Waals surface area (Å²) in [6, 6.07) is 10.9. The summed E-state index contributed by atoms with van der Waals surface area (Å²) in [6.45, 7) is 8.05. The molecule has 0 bridgehead atoms. The normalized spacial score (nSPS) is 13.9. The number of nitrogens with zero attached hydrogens (tertiary/aromatic N) is 5. The van der Waals surface area contributed by atoms with Gasteiger partial charge >= 0.3 is 12.2 Å². The van der Waals surface area contributed by atoms with Crippen LogP contribution in [0, 0.1) is 11.5 Å². The van der Waals surface area contributed by atoms with Gasteiger partial charge in [-0.1, -0.05) is 24.4 Å². The predicted octanol–water partition coefficient (Wildman–Crippen LogP) is 5.40. The van der Waals surface area contributed by atoms with Crippen molar-refractivity contribution in [2.75, 3.05) is 44.4 Å². The Bertz CT molecular complexity index is 1320. The molecule has 0 aliphatic carbocycles. The molecule has 0 saturated carbocycles. The van der Waals surface area contributed by atoms with Crippen molar-refractivity contribution in [2.45, 2.75) is 77.7 Å². The van der Waals surface area contributed by atoms with Gasteiger partial charge in [-0.15, -0.1) is 4.99 Å². The first-order chi connectivity index (χ1) is 22.5. The molecule has 13 nitrogen and oxygen atoms in total. The van der Waals surface area contributed by atoms with Crippen LogP contribution in [0.4, 0.5) is 15.3 Å². The van der Waals surface area contributed by atoms with Crippen molar-refractivity contribution in [1.29, 1.82) is 5.26 Å². The van der Waals surface area contributed by atoms with Crippen molar-refractivity contribution in [3.63, 3.8) is 0 Å². The number of nitrogens with two attached hydrogens (primary N) is 1. The average Bonchev–Trinajstić information content (AvgIpc) is 3.04. The maximum absolute atomic E-state index is 12.2. The number of hydrogen-bond donors (Lipinski definition) is 1. The molecular weight excluding hydrogens is 628 g/mol. The van der Waals surface area contributed by atoms with Crippen LogP contribution in [0.5, 0.6) is 5.75 Å². The zero-order valence-electron chi connectivity index (χ0n) is 27.4. The maximum Gasteiger partial charge on any atom is 0.513 e. The summed E-state index contributed by atoms with van der Waals surface area (Å²) < 4.78 is 28.9. The minimum Gasteiger partial charge on any atom is -0.494 e. The van der Waals surface area contributed by atoms with Crippen LogP contribution in [0.3, 0.4) is 0 Å². The molecule has 1 saturated heterocycles. The monoisotopic (exact) mass is 673 g/mol. The largest absolute Gasteiger partial charge is 0.513 e. The van der Waals surface area contributed by atoms with Crippen LogP contribution in [0.15, 0.2) is 53.8 Å². The maximum atomic E-state index is 12.2. The fourth-order valence-electron chi connectivity index (χ4n) is 4.69. The first-order valence-corrected chi connectivity index (χ1v) is 16.2. The molecule has 256 valence electrons. The van der Waals surface area contributed by atoms with Gasteiger partial charge in [0, 0.05) is 36.8 Å². The Morgan fingerprint density at radius 3 is 2.36 bits per heavy atom. The first kappa shape index (κ1) is 37.2. The van der Waals surface area contributed by atoms with Crippen LogP contribution < -0.4 is 19.9 Å². The number of aliphatic imine (C=N–C) groups is 1. The average molecular weight is 674 g/mol. The van der Waals surface area contributed by atoms with E-state index in [-0.39, 0.29) is 38.1 Å². The van der Waals surface area contributed by atoms with Gasteiger partial charge in [-0.25, -0.2) is 9.59 Å². The highest BCUT2D eigenvalue weighted by Gasteiger charge is 2.27. The molecule has 2 aromatic rings. The standard InChI is InChI=1S/C33H46ClN6O7/c1-33(2,3)47-31(41)39-19-14-29(15-20-39)44-22-23-45-32(42)46-25-38-17-12-27(13-18-38)40(30(36)37-24-35)16-6-4-5-7-21-43-28-10-8-26(34)9-11-28/h8-13,17-18,29H,4-7,14-16,19-23,25H2,1-3H3,(H2,36,37)/q+1. The number of unbranched alkanes of at least 4 members (excludes halogenated alkanes) is 3. The van der Waals surface area contributed by atoms with E-state index < -0.39 is 11.8 Å². The van der Waals surface area contributed by atoms with Crippen LogP contribution in [0.25, 0.3) is 0 Å². The van der Waals surface area contributed by atoms with E-state index in [1.165, 1.54) is 0 Å². The number of nitriles is 1. The second-order valence-electron chi connectivity index (χ2n) is 11.9. The van der Waals surface area contributed by atoms with E-state index in [1.54, 1.807) is 57.2 Å². The molecular formula is C33H46ClN6O7+. The second-order valence-corrected chi connectivity index (χ2v) is 12.4. The van der Waals surface area contributed by atoms with Crippen LogP contribution >= 0.6 is 11.6 Å². The molecule has 1 aromatic carbocycles. The minimum absolute atomic E-state index is 0.0189. The quantitative estimate of drug-likeness (QED) is 0.0650. The second kappa shape index (κ2) is 19.4. The summed E-state index contributed by atoms with van der Waals surface area (Å²) in [4.78, 5) is 31.4. The van der Waals surface area contributed by atoms with Gasteiger partial charge in [-0.3, -0.25) is 0 Å². The molecule has 0 unspecified atom stereocenters. The number of ether oxygens (including phenoxy) is 5. The molecule has 1 aliphatic rings. The Kier molecular flexibility index (Phi) is 15.3. The zero-order chi connectivity index (χ0) is 34.1. The summed E-state index contributed by atoms with van der Waals surface area (Å²) in [6.07, 6.45) is 9.09. The number of guanidine groups is 1. The third kappa shape index (κ3) is 14.4. The Morgan fingerprint density at radius 1 is 1.02 bits per heavy atom. The topological polar surface area (TPSA) is 153 Å². The predicted molar refractivity (Wildman–Crippen MR) is 176 cm³/mol. The number of benzene rings is 1. The fraction of sp³-hybridized carbons (Fsp3) is 0.545. The summed E-state index contributed by atoms with van der Waals surface area (Å²) in [7, 11) is 0. The van der Waals surface area contributed by atoms with Crippen LogP contribution in [0.2, 0.25) is 5.02 Å². The number of rotatable bonds is 15. The highest BCUT2D eigenvalue weighted by atomic mass is 35.5. The van der Waals surface area contributed by atoms with E-state index in [2.05, 4.69) is 4.99 Å². The molecule has 1 amide bonds. The summed E-state index contributed by atoms with van der Waals surface area (Å²) in [5, 5.41) is 9.70. The van der Waals surface area contributed by atoms with Gasteiger partial charge in [0.1, 0.15) is 18.0 Å². The molecule has 0 radical (unpaired) electrons. The molecule has 1 fully saturated rings. The minimum atomic E-state index is -0.810. The Balaban J connectivity index is 1.31. The lowest BCUT2D eigenvalue weighted by Gasteiger charge is -2.33. The van der Waals surface area contributed by atoms with Crippen molar-refractivity contribution in [3.8, 4) is 11.9 Å². The molecule has 47 heavy (non-hydrogen) atoms. The molecule has 3 rings (SSSR count). The number of pyridine rings is 1. The zero-order valence-corrected chi connectivity index (χ0v) is 28.2. The number of piperidine rings is 1. The highest BCUT2D eigenvalue weighted by Crippen LogP contribution is 2.18. The van der Waals surface area contributed by atoms with Crippen molar-refractivity contribution in [1.82, 2.24) is 4.90 Å². The number of halogens is 1. The Labute approximate surface area is 281 Å². The van der Waals surface area contributed by atoms with Crippen molar-refractivity contribution in [3.05, 3.63) is 53.8 Å². The van der Waals surface area contributed by atoms with Crippen LogP contribution in [-0.4, -0.2) is 74.3 Å². The first-order valence-electron chi connectivity index (χ1n) is 15.8. The number of carbonyl (C=O) groups excluding carboxylic acids is 2. The lowest BCUT2D eigenvalue weighted by molar-refractivity contribution is -0.727. The molecule has 0 atom stereocenters. The summed E-state index contributed by atoms with van der Waals surface area (Å²) >= 11 is 5.90.